The minimum atomic E-state index is 0.115. The monoisotopic (exact) mass is 230 g/mol. The fourth-order valence-electron chi connectivity index (χ4n) is 2.26. The maximum Gasteiger partial charge on any atom is 0.164 e. The number of benzene rings is 1. The van der Waals surface area contributed by atoms with E-state index in [4.69, 9.17) is 0 Å². The van der Waals surface area contributed by atoms with Crippen LogP contribution < -0.4 is 4.90 Å². The molecule has 0 bridgehead atoms. The number of fused-ring (bicyclic) bond motifs is 1. The van der Waals surface area contributed by atoms with Crippen LogP contribution in [0.3, 0.4) is 0 Å². The van der Waals surface area contributed by atoms with Crippen molar-refractivity contribution in [3.8, 4) is 0 Å². The summed E-state index contributed by atoms with van der Waals surface area (Å²) in [6.45, 7) is 7.60. The number of para-hydroxylation sites is 1. The highest BCUT2D eigenvalue weighted by Gasteiger charge is 2.18. The lowest BCUT2D eigenvalue weighted by Gasteiger charge is -2.20. The average molecular weight is 230 g/mol. The number of rotatable bonds is 4. The number of nitrogens with one attached hydrogen (secondary N) is 1. The van der Waals surface area contributed by atoms with Gasteiger partial charge < -0.3 is 9.88 Å². The molecule has 0 atom stereocenters. The van der Waals surface area contributed by atoms with Gasteiger partial charge in [0.1, 0.15) is 5.82 Å². The SMILES string of the molecule is CCN(CC)c1[nH]c2ccccc2c1C(C)=O. The van der Waals surface area contributed by atoms with E-state index in [1.807, 2.05) is 24.3 Å². The first-order valence-electron chi connectivity index (χ1n) is 6.05. The molecular weight excluding hydrogens is 212 g/mol. The number of H-pyrrole nitrogens is 1. The van der Waals surface area contributed by atoms with Crippen LogP contribution in [-0.2, 0) is 0 Å². The lowest BCUT2D eigenvalue weighted by Crippen LogP contribution is -2.23. The summed E-state index contributed by atoms with van der Waals surface area (Å²) >= 11 is 0. The van der Waals surface area contributed by atoms with Crippen molar-refractivity contribution in [1.82, 2.24) is 4.98 Å². The Balaban J connectivity index is 2.69. The van der Waals surface area contributed by atoms with E-state index in [-0.39, 0.29) is 5.78 Å². The molecule has 1 heterocycles. The van der Waals surface area contributed by atoms with Gasteiger partial charge in [-0.3, -0.25) is 4.79 Å². The van der Waals surface area contributed by atoms with Crippen LogP contribution >= 0.6 is 0 Å². The number of hydrogen-bond donors (Lipinski definition) is 1. The van der Waals surface area contributed by atoms with Crippen LogP contribution in [-0.4, -0.2) is 23.9 Å². The summed E-state index contributed by atoms with van der Waals surface area (Å²) in [6, 6.07) is 7.95. The van der Waals surface area contributed by atoms with E-state index in [1.165, 1.54) is 0 Å². The van der Waals surface area contributed by atoms with Crippen molar-refractivity contribution in [2.45, 2.75) is 20.8 Å². The Kier molecular flexibility index (Phi) is 3.18. The number of anilines is 1. The first kappa shape index (κ1) is 11.7. The van der Waals surface area contributed by atoms with Gasteiger partial charge in [0.2, 0.25) is 0 Å². The number of nitrogens with zero attached hydrogens (tertiary/aromatic N) is 1. The molecule has 90 valence electrons. The maximum absolute atomic E-state index is 11.8. The molecule has 1 N–H and O–H groups in total. The van der Waals surface area contributed by atoms with E-state index in [1.54, 1.807) is 6.92 Å². The van der Waals surface area contributed by atoms with Crippen molar-refractivity contribution in [2.75, 3.05) is 18.0 Å². The molecule has 0 saturated carbocycles. The third-order valence-corrected chi connectivity index (χ3v) is 3.12. The maximum atomic E-state index is 11.8. The van der Waals surface area contributed by atoms with Crippen molar-refractivity contribution in [3.63, 3.8) is 0 Å². The smallest absolute Gasteiger partial charge is 0.164 e. The molecule has 17 heavy (non-hydrogen) atoms. The summed E-state index contributed by atoms with van der Waals surface area (Å²) in [4.78, 5) is 17.4. The van der Waals surface area contributed by atoms with Crippen LogP contribution in [0.2, 0.25) is 0 Å². The molecule has 0 saturated heterocycles. The predicted octanol–water partition coefficient (Wildman–Crippen LogP) is 3.22. The Morgan fingerprint density at radius 2 is 1.88 bits per heavy atom. The molecule has 0 aliphatic carbocycles. The van der Waals surface area contributed by atoms with Gasteiger partial charge in [-0.05, 0) is 26.8 Å². The van der Waals surface area contributed by atoms with E-state index in [0.717, 1.165) is 35.4 Å². The topological polar surface area (TPSA) is 36.1 Å². The highest BCUT2D eigenvalue weighted by atomic mass is 16.1. The largest absolute Gasteiger partial charge is 0.358 e. The molecule has 0 fully saturated rings. The Bertz CT molecular complexity index is 538. The van der Waals surface area contributed by atoms with Gasteiger partial charge in [-0.1, -0.05) is 18.2 Å². The second kappa shape index (κ2) is 4.62. The molecule has 0 amide bonds. The summed E-state index contributed by atoms with van der Waals surface area (Å²) in [6.07, 6.45) is 0. The molecule has 0 aliphatic heterocycles. The predicted molar refractivity (Wildman–Crippen MR) is 71.9 cm³/mol. The average Bonchev–Trinajstić information content (AvgIpc) is 2.69. The molecule has 0 spiro atoms. The summed E-state index contributed by atoms with van der Waals surface area (Å²) in [5.74, 6) is 1.06. The molecule has 1 aromatic carbocycles. The van der Waals surface area contributed by atoms with Crippen LogP contribution in [0.15, 0.2) is 24.3 Å². The van der Waals surface area contributed by atoms with Gasteiger partial charge in [-0.25, -0.2) is 0 Å². The first-order valence-corrected chi connectivity index (χ1v) is 6.05. The fourth-order valence-corrected chi connectivity index (χ4v) is 2.26. The number of hydrogen-bond acceptors (Lipinski definition) is 2. The van der Waals surface area contributed by atoms with Crippen LogP contribution in [0, 0.1) is 0 Å². The Morgan fingerprint density at radius 1 is 1.24 bits per heavy atom. The van der Waals surface area contributed by atoms with E-state index < -0.39 is 0 Å². The molecule has 2 aromatic rings. The molecule has 1 aromatic heterocycles. The normalized spacial score (nSPS) is 10.8. The van der Waals surface area contributed by atoms with Crippen LogP contribution in [0.5, 0.6) is 0 Å². The van der Waals surface area contributed by atoms with Gasteiger partial charge >= 0.3 is 0 Å². The van der Waals surface area contributed by atoms with Crippen LogP contribution in [0.25, 0.3) is 10.9 Å². The standard InChI is InChI=1S/C14H18N2O/c1-4-16(5-2)14-13(10(3)17)11-8-6-7-9-12(11)15-14/h6-9,15H,4-5H2,1-3H3. The lowest BCUT2D eigenvalue weighted by atomic mass is 10.1. The second-order valence-corrected chi connectivity index (χ2v) is 4.12. The summed E-state index contributed by atoms with van der Waals surface area (Å²) < 4.78 is 0. The zero-order chi connectivity index (χ0) is 12.4. The van der Waals surface area contributed by atoms with Crippen molar-refractivity contribution >= 4 is 22.5 Å². The molecule has 2 rings (SSSR count). The van der Waals surface area contributed by atoms with E-state index in [9.17, 15) is 4.79 Å². The van der Waals surface area contributed by atoms with Gasteiger partial charge in [0, 0.05) is 24.0 Å². The minimum absolute atomic E-state index is 0.115. The molecule has 0 unspecified atom stereocenters. The highest BCUT2D eigenvalue weighted by Crippen LogP contribution is 2.29. The number of ketones is 1. The van der Waals surface area contributed by atoms with E-state index in [2.05, 4.69) is 23.7 Å². The van der Waals surface area contributed by atoms with Gasteiger partial charge in [-0.2, -0.15) is 0 Å². The third-order valence-electron chi connectivity index (χ3n) is 3.12. The van der Waals surface area contributed by atoms with Crippen LogP contribution in [0.1, 0.15) is 31.1 Å². The van der Waals surface area contributed by atoms with Crippen molar-refractivity contribution in [1.29, 1.82) is 0 Å². The Morgan fingerprint density at radius 3 is 2.47 bits per heavy atom. The summed E-state index contributed by atoms with van der Waals surface area (Å²) in [5.41, 5.74) is 1.84. The first-order chi connectivity index (χ1) is 8.19. The van der Waals surface area contributed by atoms with E-state index in [0.29, 0.717) is 0 Å². The summed E-state index contributed by atoms with van der Waals surface area (Å²) in [5, 5.41) is 1.02. The molecular formula is C14H18N2O. The Hall–Kier alpha value is -1.77. The number of aromatic nitrogens is 1. The number of carbonyl (C=O) groups is 1. The lowest BCUT2D eigenvalue weighted by molar-refractivity contribution is 0.101. The number of Topliss-reactive ketones (excluding diaryl/α,β-unsaturated/α-hetero) is 1. The quantitative estimate of drug-likeness (QED) is 0.819. The van der Waals surface area contributed by atoms with Crippen LogP contribution in [0.4, 0.5) is 5.82 Å². The molecule has 0 aliphatic rings. The number of aromatic amines is 1. The molecule has 3 heteroatoms. The van der Waals surface area contributed by atoms with Crippen molar-refractivity contribution in [2.24, 2.45) is 0 Å². The minimum Gasteiger partial charge on any atom is -0.358 e. The Labute approximate surface area is 101 Å². The molecule has 0 radical (unpaired) electrons. The van der Waals surface area contributed by atoms with Crippen molar-refractivity contribution in [3.05, 3.63) is 29.8 Å². The van der Waals surface area contributed by atoms with Crippen molar-refractivity contribution < 1.29 is 4.79 Å². The zero-order valence-corrected chi connectivity index (χ0v) is 10.6. The summed E-state index contributed by atoms with van der Waals surface area (Å²) in [7, 11) is 0. The second-order valence-electron chi connectivity index (χ2n) is 4.12. The highest BCUT2D eigenvalue weighted by molar-refractivity contribution is 6.11. The van der Waals surface area contributed by atoms with Gasteiger partial charge in [-0.15, -0.1) is 0 Å². The molecule has 3 nitrogen and oxygen atoms in total. The fraction of sp³-hybridized carbons (Fsp3) is 0.357. The third kappa shape index (κ3) is 1.93. The number of carbonyl (C=O) groups excluding carboxylic acids is 1. The zero-order valence-electron chi connectivity index (χ0n) is 10.6. The van der Waals surface area contributed by atoms with Gasteiger partial charge in [0.25, 0.3) is 0 Å². The van der Waals surface area contributed by atoms with E-state index >= 15 is 0 Å². The van der Waals surface area contributed by atoms with Gasteiger partial charge in [0.15, 0.2) is 5.78 Å². The van der Waals surface area contributed by atoms with Gasteiger partial charge in [0.05, 0.1) is 5.56 Å².